The highest BCUT2D eigenvalue weighted by Crippen LogP contribution is 2.50. The van der Waals surface area contributed by atoms with Crippen molar-refractivity contribution in [2.45, 2.75) is 18.2 Å². The van der Waals surface area contributed by atoms with Crippen LogP contribution in [0.3, 0.4) is 0 Å². The van der Waals surface area contributed by atoms with Gasteiger partial charge in [-0.05, 0) is 0 Å². The van der Waals surface area contributed by atoms with E-state index in [2.05, 4.69) is 4.74 Å². The molecule has 0 amide bonds. The second-order valence-corrected chi connectivity index (χ2v) is 4.71. The zero-order valence-electron chi connectivity index (χ0n) is 9.28. The third kappa shape index (κ3) is 1.38. The highest BCUT2D eigenvalue weighted by Gasteiger charge is 2.61. The number of hydrogen-bond acceptors (Lipinski definition) is 6. The molecule has 2 fully saturated rings. The van der Waals surface area contributed by atoms with E-state index in [1.54, 1.807) is 12.2 Å². The van der Waals surface area contributed by atoms with E-state index in [0.717, 1.165) is 0 Å². The Morgan fingerprint density at radius 2 is 2.35 bits per heavy atom. The summed E-state index contributed by atoms with van der Waals surface area (Å²) in [5, 5.41) is 20.1. The molecule has 0 bridgehead atoms. The summed E-state index contributed by atoms with van der Waals surface area (Å²) in [5.74, 6) is -2.02. The number of carbonyl (C=O) groups excluding carboxylic acids is 1. The van der Waals surface area contributed by atoms with Crippen LogP contribution in [0.1, 0.15) is 0 Å². The van der Waals surface area contributed by atoms with E-state index in [-0.39, 0.29) is 18.4 Å². The first kappa shape index (κ1) is 11.2. The maximum Gasteiger partial charge on any atom is 0.314 e. The molecule has 3 aliphatic rings. The molecule has 1 aliphatic carbocycles. The number of aliphatic hydroxyl groups excluding tert-OH is 1. The molecule has 6 heteroatoms. The van der Waals surface area contributed by atoms with Crippen molar-refractivity contribution in [1.29, 1.82) is 0 Å². The van der Waals surface area contributed by atoms with Crippen LogP contribution in [0, 0.1) is 17.8 Å². The van der Waals surface area contributed by atoms with E-state index in [9.17, 15) is 15.0 Å². The van der Waals surface area contributed by atoms with E-state index in [1.807, 2.05) is 0 Å². The molecule has 94 valence electrons. The molecular weight excluding hydrogens is 228 g/mol. The summed E-state index contributed by atoms with van der Waals surface area (Å²) in [7, 11) is 1.26. The summed E-state index contributed by atoms with van der Waals surface area (Å²) < 4.78 is 15.2. The zero-order valence-corrected chi connectivity index (χ0v) is 9.28. The van der Waals surface area contributed by atoms with Crippen LogP contribution < -0.4 is 0 Å². The molecule has 0 spiro atoms. The van der Waals surface area contributed by atoms with Gasteiger partial charge in [-0.3, -0.25) is 4.79 Å². The van der Waals surface area contributed by atoms with Gasteiger partial charge in [-0.1, -0.05) is 12.2 Å². The first-order valence-electron chi connectivity index (χ1n) is 5.51. The van der Waals surface area contributed by atoms with Gasteiger partial charge in [0.1, 0.15) is 11.5 Å². The lowest BCUT2D eigenvalue weighted by Gasteiger charge is -2.39. The average Bonchev–Trinajstić information content (AvgIpc) is 2.80. The van der Waals surface area contributed by atoms with Crippen molar-refractivity contribution in [1.82, 2.24) is 0 Å². The normalized spacial score (nSPS) is 51.4. The molecule has 6 atom stereocenters. The molecule has 2 N–H and O–H groups in total. The number of rotatable bonds is 1. The second-order valence-electron chi connectivity index (χ2n) is 4.71. The van der Waals surface area contributed by atoms with Gasteiger partial charge in [0.15, 0.2) is 12.6 Å². The third-order valence-electron chi connectivity index (χ3n) is 3.84. The number of allylic oxidation sites excluding steroid dienone is 1. The number of methoxy groups -OCH3 is 1. The Balaban J connectivity index is 1.95. The number of ether oxygens (including phenoxy) is 3. The Labute approximate surface area is 97.8 Å². The fraction of sp³-hybridized carbons (Fsp3) is 0.727. The van der Waals surface area contributed by atoms with Gasteiger partial charge < -0.3 is 24.4 Å². The van der Waals surface area contributed by atoms with Gasteiger partial charge in [0.2, 0.25) is 0 Å². The minimum absolute atomic E-state index is 0.121. The molecule has 17 heavy (non-hydrogen) atoms. The van der Waals surface area contributed by atoms with E-state index < -0.39 is 30.1 Å². The van der Waals surface area contributed by atoms with Gasteiger partial charge in [0, 0.05) is 5.92 Å². The van der Waals surface area contributed by atoms with Crippen LogP contribution in [0.25, 0.3) is 0 Å². The minimum atomic E-state index is -1.27. The fourth-order valence-electron chi connectivity index (χ4n) is 3.01. The number of hydrogen-bond donors (Lipinski definition) is 2. The zero-order chi connectivity index (χ0) is 12.2. The van der Waals surface area contributed by atoms with Crippen molar-refractivity contribution < 1.29 is 29.2 Å². The molecular formula is C11H14O6. The van der Waals surface area contributed by atoms with Crippen molar-refractivity contribution in [3.63, 3.8) is 0 Å². The van der Waals surface area contributed by atoms with Crippen LogP contribution in [0.15, 0.2) is 12.2 Å². The lowest BCUT2D eigenvalue weighted by Crippen LogP contribution is -2.51. The van der Waals surface area contributed by atoms with Crippen LogP contribution >= 0.6 is 0 Å². The topological polar surface area (TPSA) is 85.2 Å². The smallest absolute Gasteiger partial charge is 0.314 e. The van der Waals surface area contributed by atoms with Crippen molar-refractivity contribution >= 4 is 5.97 Å². The van der Waals surface area contributed by atoms with Crippen molar-refractivity contribution in [2.75, 3.05) is 13.7 Å². The predicted molar refractivity (Wildman–Crippen MR) is 53.4 cm³/mol. The van der Waals surface area contributed by atoms with E-state index in [1.165, 1.54) is 7.11 Å². The summed E-state index contributed by atoms with van der Waals surface area (Å²) in [4.78, 5) is 11.6. The lowest BCUT2D eigenvalue weighted by atomic mass is 9.77. The first-order chi connectivity index (χ1) is 8.07. The molecule has 6 nitrogen and oxygen atoms in total. The van der Waals surface area contributed by atoms with Gasteiger partial charge in [0.25, 0.3) is 0 Å². The molecule has 0 aromatic heterocycles. The standard InChI is InChI=1S/C11H14O6/c1-15-8(12)6-5-2-3-11(14)4-16-10(7(5)11)17-9(6)13/h2-3,5-7,9-10,13-14H,4H2,1H3/t5-,6+,7+,9-,10-,11+/m0/s1. The number of aliphatic hydroxyl groups is 2. The fourth-order valence-corrected chi connectivity index (χ4v) is 3.01. The van der Waals surface area contributed by atoms with Crippen molar-refractivity contribution in [3.8, 4) is 0 Å². The summed E-state index contributed by atoms with van der Waals surface area (Å²) in [6.07, 6.45) is 1.43. The Hall–Kier alpha value is -0.950. The molecule has 3 rings (SSSR count). The van der Waals surface area contributed by atoms with Gasteiger partial charge in [-0.2, -0.15) is 0 Å². The summed E-state index contributed by atoms with van der Waals surface area (Å²) >= 11 is 0. The lowest BCUT2D eigenvalue weighted by molar-refractivity contribution is -0.280. The van der Waals surface area contributed by atoms with Crippen LogP contribution in [0.2, 0.25) is 0 Å². The minimum Gasteiger partial charge on any atom is -0.469 e. The molecule has 0 aromatic carbocycles. The van der Waals surface area contributed by atoms with Gasteiger partial charge >= 0.3 is 5.97 Å². The maximum absolute atomic E-state index is 11.6. The Bertz CT molecular complexity index is 380. The van der Waals surface area contributed by atoms with Crippen LogP contribution in [-0.4, -0.2) is 48.1 Å². The van der Waals surface area contributed by atoms with Crippen LogP contribution in [0.5, 0.6) is 0 Å². The van der Waals surface area contributed by atoms with E-state index in [0.29, 0.717) is 0 Å². The van der Waals surface area contributed by atoms with Crippen molar-refractivity contribution in [2.24, 2.45) is 17.8 Å². The Kier molecular flexibility index (Phi) is 2.31. The Morgan fingerprint density at radius 1 is 1.59 bits per heavy atom. The van der Waals surface area contributed by atoms with Gasteiger partial charge in [0.05, 0.1) is 19.6 Å². The van der Waals surface area contributed by atoms with Crippen LogP contribution in [-0.2, 0) is 19.0 Å². The molecule has 2 saturated heterocycles. The third-order valence-corrected chi connectivity index (χ3v) is 3.84. The van der Waals surface area contributed by atoms with E-state index in [4.69, 9.17) is 9.47 Å². The molecule has 2 heterocycles. The molecule has 0 aromatic rings. The summed E-state index contributed by atoms with van der Waals surface area (Å²) in [6, 6.07) is 0. The molecule has 2 aliphatic heterocycles. The monoisotopic (exact) mass is 242 g/mol. The highest BCUT2D eigenvalue weighted by molar-refractivity contribution is 5.74. The van der Waals surface area contributed by atoms with Gasteiger partial charge in [-0.25, -0.2) is 0 Å². The van der Waals surface area contributed by atoms with Crippen molar-refractivity contribution in [3.05, 3.63) is 12.2 Å². The summed E-state index contributed by atoms with van der Waals surface area (Å²) in [6.45, 7) is 0.121. The SMILES string of the molecule is COC(=O)[C@H]1[C@@H]2C=C[C@@]3(O)CO[C@@H](O[C@@H]1O)[C@@H]23. The maximum atomic E-state index is 11.6. The van der Waals surface area contributed by atoms with Crippen LogP contribution in [0.4, 0.5) is 0 Å². The Morgan fingerprint density at radius 3 is 3.06 bits per heavy atom. The summed E-state index contributed by atoms with van der Waals surface area (Å²) in [5.41, 5.74) is -1.10. The average molecular weight is 242 g/mol. The number of carbonyl (C=O) groups is 1. The molecule has 0 saturated carbocycles. The molecule has 0 radical (unpaired) electrons. The van der Waals surface area contributed by atoms with Gasteiger partial charge in [-0.15, -0.1) is 0 Å². The largest absolute Gasteiger partial charge is 0.469 e. The highest BCUT2D eigenvalue weighted by atomic mass is 16.7. The number of esters is 1. The second kappa shape index (κ2) is 3.52. The quantitative estimate of drug-likeness (QED) is 0.454. The predicted octanol–water partition coefficient (Wildman–Crippen LogP) is -0.986. The molecule has 0 unspecified atom stereocenters. The van der Waals surface area contributed by atoms with E-state index >= 15 is 0 Å². The first-order valence-corrected chi connectivity index (χ1v) is 5.51.